The van der Waals surface area contributed by atoms with Gasteiger partial charge in [-0.15, -0.1) is 0 Å². The van der Waals surface area contributed by atoms with Crippen molar-refractivity contribution >= 4 is 11.5 Å². The molecule has 1 N–H and O–H groups in total. The van der Waals surface area contributed by atoms with E-state index in [1.54, 1.807) is 0 Å². The largest absolute Gasteiger partial charge is 0.364 e. The Labute approximate surface area is 124 Å². The predicted octanol–water partition coefficient (Wildman–Crippen LogP) is 2.39. The number of unbranched alkanes of at least 4 members (excludes halogenated alkanes) is 1. The smallest absolute Gasteiger partial charge is 0.328 e. The highest BCUT2D eigenvalue weighted by molar-refractivity contribution is 5.63. The summed E-state index contributed by atoms with van der Waals surface area (Å²) in [6.07, 6.45) is 3.28. The van der Waals surface area contributed by atoms with Crippen LogP contribution in [0.3, 0.4) is 0 Å². The molecule has 0 aromatic carbocycles. The first-order valence-electron chi connectivity index (χ1n) is 6.95. The summed E-state index contributed by atoms with van der Waals surface area (Å²) in [6, 6.07) is 3.67. The van der Waals surface area contributed by atoms with Crippen molar-refractivity contribution in [2.45, 2.75) is 32.7 Å². The molecule has 0 saturated carbocycles. The van der Waals surface area contributed by atoms with Crippen LogP contribution in [-0.4, -0.2) is 41.0 Å². The van der Waals surface area contributed by atoms with Crippen LogP contribution in [0.4, 0.5) is 11.5 Å². The third-order valence-electron chi connectivity index (χ3n) is 3.34. The first-order valence-corrected chi connectivity index (χ1v) is 6.95. The fourth-order valence-electron chi connectivity index (χ4n) is 1.81. The second-order valence-corrected chi connectivity index (χ2v) is 5.13. The Balaban J connectivity index is 2.53. The fourth-order valence-corrected chi connectivity index (χ4v) is 1.81. The molecule has 0 aliphatic heterocycles. The summed E-state index contributed by atoms with van der Waals surface area (Å²) >= 11 is 0. The van der Waals surface area contributed by atoms with Gasteiger partial charge in [0, 0.05) is 18.8 Å². The van der Waals surface area contributed by atoms with Crippen LogP contribution in [0, 0.1) is 21.4 Å². The van der Waals surface area contributed by atoms with Crippen molar-refractivity contribution in [1.82, 2.24) is 9.88 Å². The normalized spacial score (nSPS) is 10.7. The minimum Gasteiger partial charge on any atom is -0.364 e. The third-order valence-corrected chi connectivity index (χ3v) is 3.34. The van der Waals surface area contributed by atoms with Gasteiger partial charge in [0.05, 0.1) is 4.92 Å². The number of nitrogens with zero attached hydrogens (tertiary/aromatic N) is 4. The molecule has 1 aromatic heterocycles. The number of hydrogen-bond donors (Lipinski definition) is 1. The van der Waals surface area contributed by atoms with E-state index in [2.05, 4.69) is 36.1 Å². The van der Waals surface area contributed by atoms with Crippen LogP contribution in [-0.2, 0) is 0 Å². The molecule has 0 bridgehead atoms. The Morgan fingerprint density at radius 3 is 2.81 bits per heavy atom. The van der Waals surface area contributed by atoms with Crippen molar-refractivity contribution < 1.29 is 4.92 Å². The predicted molar refractivity (Wildman–Crippen MR) is 81.1 cm³/mol. The van der Waals surface area contributed by atoms with Gasteiger partial charge >= 0.3 is 5.69 Å². The topological polar surface area (TPSA) is 95.1 Å². The lowest BCUT2D eigenvalue weighted by molar-refractivity contribution is -0.384. The Morgan fingerprint density at radius 1 is 1.52 bits per heavy atom. The molecule has 7 nitrogen and oxygen atoms in total. The van der Waals surface area contributed by atoms with Crippen LogP contribution in [0.15, 0.2) is 12.3 Å². The number of aromatic nitrogens is 1. The van der Waals surface area contributed by atoms with Gasteiger partial charge in [-0.25, -0.2) is 4.98 Å². The van der Waals surface area contributed by atoms with E-state index in [0.29, 0.717) is 12.6 Å². The second kappa shape index (κ2) is 8.17. The molecule has 0 fully saturated rings. The van der Waals surface area contributed by atoms with Crippen LogP contribution < -0.4 is 5.32 Å². The minimum absolute atomic E-state index is 0.0250. The number of rotatable bonds is 8. The molecule has 21 heavy (non-hydrogen) atoms. The van der Waals surface area contributed by atoms with Crippen molar-refractivity contribution in [1.29, 1.82) is 5.26 Å². The zero-order valence-electron chi connectivity index (χ0n) is 12.7. The van der Waals surface area contributed by atoms with Gasteiger partial charge < -0.3 is 10.2 Å². The van der Waals surface area contributed by atoms with E-state index in [4.69, 9.17) is 5.26 Å². The molecule has 0 amide bonds. The molecule has 0 saturated heterocycles. The van der Waals surface area contributed by atoms with Crippen LogP contribution in [0.1, 0.15) is 32.3 Å². The Bertz CT molecular complexity index is 525. The summed E-state index contributed by atoms with van der Waals surface area (Å²) < 4.78 is 0. The minimum atomic E-state index is -0.569. The monoisotopic (exact) mass is 291 g/mol. The molecule has 114 valence electrons. The molecule has 1 rings (SSSR count). The molecule has 0 radical (unpaired) electrons. The number of nitrogens with one attached hydrogen (secondary N) is 1. The number of nitriles is 1. The highest BCUT2D eigenvalue weighted by atomic mass is 16.6. The van der Waals surface area contributed by atoms with Crippen LogP contribution in [0.25, 0.3) is 0 Å². The quantitative estimate of drug-likeness (QED) is 0.449. The summed E-state index contributed by atoms with van der Waals surface area (Å²) in [6.45, 7) is 5.85. The zero-order valence-corrected chi connectivity index (χ0v) is 12.7. The van der Waals surface area contributed by atoms with E-state index in [-0.39, 0.29) is 17.1 Å². The van der Waals surface area contributed by atoms with Crippen molar-refractivity contribution in [3.8, 4) is 6.07 Å². The summed E-state index contributed by atoms with van der Waals surface area (Å²) in [5.74, 6) is 0.163. The number of pyridine rings is 1. The lowest BCUT2D eigenvalue weighted by atomic mass is 10.2. The van der Waals surface area contributed by atoms with Gasteiger partial charge in [-0.3, -0.25) is 10.1 Å². The number of nitro groups is 1. The van der Waals surface area contributed by atoms with Gasteiger partial charge in [0.1, 0.15) is 11.6 Å². The van der Waals surface area contributed by atoms with Crippen LogP contribution in [0.5, 0.6) is 0 Å². The van der Waals surface area contributed by atoms with Crippen LogP contribution in [0.2, 0.25) is 0 Å². The molecule has 7 heteroatoms. The van der Waals surface area contributed by atoms with Crippen molar-refractivity contribution in [3.63, 3.8) is 0 Å². The molecule has 0 aliphatic rings. The number of anilines is 1. The summed E-state index contributed by atoms with van der Waals surface area (Å²) in [5.41, 5.74) is -0.226. The second-order valence-electron chi connectivity index (χ2n) is 5.13. The van der Waals surface area contributed by atoms with E-state index in [0.717, 1.165) is 19.4 Å². The maximum Gasteiger partial charge on any atom is 0.328 e. The third kappa shape index (κ3) is 5.00. The van der Waals surface area contributed by atoms with Gasteiger partial charge in [-0.05, 0) is 46.3 Å². The molecule has 1 aromatic rings. The van der Waals surface area contributed by atoms with Crippen LogP contribution >= 0.6 is 0 Å². The number of hydrogen-bond acceptors (Lipinski definition) is 6. The summed E-state index contributed by atoms with van der Waals surface area (Å²) in [7, 11) is 2.07. The van der Waals surface area contributed by atoms with E-state index in [1.165, 1.54) is 12.3 Å². The molecular weight excluding hydrogens is 270 g/mol. The lowest BCUT2D eigenvalue weighted by Crippen LogP contribution is -2.27. The molecule has 0 aliphatic carbocycles. The summed E-state index contributed by atoms with van der Waals surface area (Å²) in [5, 5.41) is 22.9. The zero-order chi connectivity index (χ0) is 15.8. The molecule has 1 heterocycles. The standard InChI is InChI=1S/C14H21N5O2/c1-11(2)18(3)9-5-4-7-16-14-13(19(20)21)12(10-15)6-8-17-14/h6,8,11H,4-5,7,9H2,1-3H3,(H,16,17). The summed E-state index contributed by atoms with van der Waals surface area (Å²) in [4.78, 5) is 16.7. The maximum atomic E-state index is 11.0. The van der Waals surface area contributed by atoms with E-state index < -0.39 is 4.92 Å². The molecule has 0 unspecified atom stereocenters. The van der Waals surface area contributed by atoms with Crippen molar-refractivity contribution in [2.24, 2.45) is 0 Å². The van der Waals surface area contributed by atoms with E-state index >= 15 is 0 Å². The molecule has 0 spiro atoms. The van der Waals surface area contributed by atoms with Crippen molar-refractivity contribution in [3.05, 3.63) is 27.9 Å². The average Bonchev–Trinajstić information content (AvgIpc) is 2.45. The molecule has 0 atom stereocenters. The van der Waals surface area contributed by atoms with Gasteiger partial charge in [0.2, 0.25) is 5.82 Å². The Morgan fingerprint density at radius 2 is 2.24 bits per heavy atom. The van der Waals surface area contributed by atoms with Gasteiger partial charge in [-0.2, -0.15) is 5.26 Å². The molecular formula is C14H21N5O2. The highest BCUT2D eigenvalue weighted by Gasteiger charge is 2.20. The van der Waals surface area contributed by atoms with Gasteiger partial charge in [0.25, 0.3) is 0 Å². The maximum absolute atomic E-state index is 11.0. The van der Waals surface area contributed by atoms with Crippen molar-refractivity contribution in [2.75, 3.05) is 25.5 Å². The fraction of sp³-hybridized carbons (Fsp3) is 0.571. The first kappa shape index (κ1) is 16.9. The first-order chi connectivity index (χ1) is 9.97. The lowest BCUT2D eigenvalue weighted by Gasteiger charge is -2.20. The van der Waals surface area contributed by atoms with Gasteiger partial charge in [-0.1, -0.05) is 0 Å². The van der Waals surface area contributed by atoms with E-state index in [1.807, 2.05) is 6.07 Å². The SMILES string of the molecule is CC(C)N(C)CCCCNc1nccc(C#N)c1[N+](=O)[O-]. The van der Waals surface area contributed by atoms with E-state index in [9.17, 15) is 10.1 Å². The van der Waals surface area contributed by atoms with Gasteiger partial charge in [0.15, 0.2) is 0 Å². The Hall–Kier alpha value is -2.20. The average molecular weight is 291 g/mol. The Kier molecular flexibility index (Phi) is 6.56. The highest BCUT2D eigenvalue weighted by Crippen LogP contribution is 2.25.